The molecule has 0 fully saturated rings. The van der Waals surface area contributed by atoms with Crippen molar-refractivity contribution in [1.82, 2.24) is 29.5 Å². The summed E-state index contributed by atoms with van der Waals surface area (Å²) in [5, 5.41) is 9.98. The van der Waals surface area contributed by atoms with Gasteiger partial charge < -0.3 is 0 Å². The summed E-state index contributed by atoms with van der Waals surface area (Å²) in [5.41, 5.74) is 5.35. The van der Waals surface area contributed by atoms with Crippen molar-refractivity contribution in [2.45, 2.75) is 19.3 Å². The molecule has 0 saturated carbocycles. The molecule has 8 rings (SSSR count). The van der Waals surface area contributed by atoms with E-state index >= 15 is 0 Å². The molecule has 0 aliphatic carbocycles. The Kier molecular flexibility index (Phi) is 8.39. The first kappa shape index (κ1) is 31.5. The molecule has 8 heteroatoms. The second-order valence-corrected chi connectivity index (χ2v) is 12.6. The number of hydrogen-bond acceptors (Lipinski definition) is 6. The SMILES string of the molecule is CC(C)(c1cccc(-n2ccc(N(c3ccccc3)c3ccccc3)n2)n1)c1cccc(-n2ccc(N(c3ccccc3)c3ccccc3)n2)n1. The van der Waals surface area contributed by atoms with E-state index in [-0.39, 0.29) is 0 Å². The maximum atomic E-state index is 5.12. The van der Waals surface area contributed by atoms with Crippen LogP contribution in [0, 0.1) is 0 Å². The van der Waals surface area contributed by atoms with Gasteiger partial charge in [-0.05, 0) is 86.6 Å². The summed E-state index contributed by atoms with van der Waals surface area (Å²) in [7, 11) is 0. The Hall–Kier alpha value is -6.80. The Morgan fingerprint density at radius 1 is 0.392 bits per heavy atom. The lowest BCUT2D eigenvalue weighted by molar-refractivity contribution is 0.588. The van der Waals surface area contributed by atoms with Crippen LogP contribution >= 0.6 is 0 Å². The first-order chi connectivity index (χ1) is 25.0. The molecule has 0 atom stereocenters. The van der Waals surface area contributed by atoms with E-state index in [0.29, 0.717) is 0 Å². The molecule has 4 aromatic heterocycles. The lowest BCUT2D eigenvalue weighted by Crippen LogP contribution is -2.23. The Bertz CT molecular complexity index is 2100. The Balaban J connectivity index is 1.09. The van der Waals surface area contributed by atoms with E-state index in [9.17, 15) is 0 Å². The maximum absolute atomic E-state index is 5.12. The topological polar surface area (TPSA) is 67.9 Å². The Labute approximate surface area is 297 Å². The maximum Gasteiger partial charge on any atom is 0.160 e. The molecule has 0 spiro atoms. The molecule has 51 heavy (non-hydrogen) atoms. The van der Waals surface area contributed by atoms with Gasteiger partial charge in [0.05, 0.1) is 11.4 Å². The van der Waals surface area contributed by atoms with Crippen LogP contribution in [0.2, 0.25) is 0 Å². The highest BCUT2D eigenvalue weighted by molar-refractivity contribution is 5.75. The van der Waals surface area contributed by atoms with Crippen molar-refractivity contribution in [2.75, 3.05) is 9.80 Å². The number of nitrogens with zero attached hydrogens (tertiary/aromatic N) is 8. The summed E-state index contributed by atoms with van der Waals surface area (Å²) >= 11 is 0. The van der Waals surface area contributed by atoms with Crippen LogP contribution < -0.4 is 9.80 Å². The molecule has 0 saturated heterocycles. The number of anilines is 6. The molecule has 0 radical (unpaired) electrons. The number of pyridine rings is 2. The smallest absolute Gasteiger partial charge is 0.160 e. The first-order valence-corrected chi connectivity index (χ1v) is 16.9. The highest BCUT2D eigenvalue weighted by Gasteiger charge is 2.28. The lowest BCUT2D eigenvalue weighted by Gasteiger charge is -2.25. The first-order valence-electron chi connectivity index (χ1n) is 16.9. The van der Waals surface area contributed by atoms with Gasteiger partial charge in [0.2, 0.25) is 0 Å². The van der Waals surface area contributed by atoms with Crippen molar-refractivity contribution < 1.29 is 0 Å². The van der Waals surface area contributed by atoms with E-state index < -0.39 is 5.41 Å². The third-order valence-corrected chi connectivity index (χ3v) is 8.88. The Morgan fingerprint density at radius 2 is 0.725 bits per heavy atom. The van der Waals surface area contributed by atoms with Crippen LogP contribution in [0.4, 0.5) is 34.4 Å². The lowest BCUT2D eigenvalue weighted by atomic mass is 9.84. The fourth-order valence-corrected chi connectivity index (χ4v) is 6.19. The average Bonchev–Trinajstić information content (AvgIpc) is 3.88. The predicted molar refractivity (Wildman–Crippen MR) is 204 cm³/mol. The van der Waals surface area contributed by atoms with Crippen molar-refractivity contribution in [2.24, 2.45) is 0 Å². The molecule has 8 aromatic rings. The summed E-state index contributed by atoms with van der Waals surface area (Å²) in [6, 6.07) is 57.2. The van der Waals surface area contributed by atoms with Gasteiger partial charge in [-0.25, -0.2) is 19.3 Å². The van der Waals surface area contributed by atoms with E-state index in [4.69, 9.17) is 20.2 Å². The second kappa shape index (κ2) is 13.6. The zero-order chi connectivity index (χ0) is 34.6. The van der Waals surface area contributed by atoms with Gasteiger partial charge >= 0.3 is 0 Å². The normalized spacial score (nSPS) is 11.3. The molecule has 8 nitrogen and oxygen atoms in total. The molecule has 0 aliphatic heterocycles. The monoisotopic (exact) mass is 664 g/mol. The minimum atomic E-state index is -0.516. The van der Waals surface area contributed by atoms with Gasteiger partial charge in [0, 0.05) is 52.7 Å². The third kappa shape index (κ3) is 6.38. The molecule has 0 amide bonds. The van der Waals surface area contributed by atoms with E-state index in [0.717, 1.165) is 57.4 Å². The van der Waals surface area contributed by atoms with Crippen LogP contribution in [0.25, 0.3) is 11.6 Å². The van der Waals surface area contributed by atoms with Crippen LogP contribution in [0.5, 0.6) is 0 Å². The van der Waals surface area contributed by atoms with Gasteiger partial charge in [-0.2, -0.15) is 0 Å². The van der Waals surface area contributed by atoms with Gasteiger partial charge in [0.25, 0.3) is 0 Å². The summed E-state index contributed by atoms with van der Waals surface area (Å²) in [4.78, 5) is 14.5. The molecule has 248 valence electrons. The molecular formula is C43H36N8. The molecule has 0 N–H and O–H groups in total. The van der Waals surface area contributed by atoms with E-state index in [1.807, 2.05) is 143 Å². The average molecular weight is 665 g/mol. The molecular weight excluding hydrogens is 629 g/mol. The van der Waals surface area contributed by atoms with Crippen LogP contribution in [0.3, 0.4) is 0 Å². The number of rotatable bonds is 10. The molecule has 4 heterocycles. The fraction of sp³-hybridized carbons (Fsp3) is 0.0698. The van der Waals surface area contributed by atoms with Gasteiger partial charge in [-0.15, -0.1) is 10.2 Å². The molecule has 0 bridgehead atoms. The summed E-state index contributed by atoms with van der Waals surface area (Å²) < 4.78 is 3.66. The fourth-order valence-electron chi connectivity index (χ4n) is 6.19. The van der Waals surface area contributed by atoms with Crippen molar-refractivity contribution in [1.29, 1.82) is 0 Å². The molecule has 0 aliphatic rings. The van der Waals surface area contributed by atoms with Gasteiger partial charge in [-0.3, -0.25) is 9.80 Å². The van der Waals surface area contributed by atoms with Crippen molar-refractivity contribution in [3.63, 3.8) is 0 Å². The van der Waals surface area contributed by atoms with Crippen LogP contribution in [0.15, 0.2) is 182 Å². The second-order valence-electron chi connectivity index (χ2n) is 12.6. The summed E-state index contributed by atoms with van der Waals surface area (Å²) in [6.07, 6.45) is 3.91. The highest BCUT2D eigenvalue weighted by atomic mass is 15.4. The van der Waals surface area contributed by atoms with Crippen molar-refractivity contribution >= 4 is 34.4 Å². The number of benzene rings is 4. The zero-order valence-corrected chi connectivity index (χ0v) is 28.4. The van der Waals surface area contributed by atoms with E-state index in [1.54, 1.807) is 0 Å². The standard InChI is InChI=1S/C43H36N8/c1-43(2,37-25-15-27-39(44-37)48-31-29-41(46-48)50(33-17-7-3-8-18-33)34-19-9-4-10-20-34)38-26-16-28-40(45-38)49-32-30-42(47-49)51(35-21-11-5-12-22-35)36-23-13-6-14-24-36/h3-32H,1-2H3. The molecule has 4 aromatic carbocycles. The predicted octanol–water partition coefficient (Wildman–Crippen LogP) is 10.1. The third-order valence-electron chi connectivity index (χ3n) is 8.88. The van der Waals surface area contributed by atoms with E-state index in [2.05, 4.69) is 72.2 Å². The molecule has 0 unspecified atom stereocenters. The highest BCUT2D eigenvalue weighted by Crippen LogP contribution is 2.35. The summed E-state index contributed by atoms with van der Waals surface area (Å²) in [6.45, 7) is 4.29. The minimum absolute atomic E-state index is 0.516. The quantitative estimate of drug-likeness (QED) is 0.145. The number of aromatic nitrogens is 6. The van der Waals surface area contributed by atoms with E-state index in [1.165, 1.54) is 0 Å². The largest absolute Gasteiger partial charge is 0.294 e. The Morgan fingerprint density at radius 3 is 1.06 bits per heavy atom. The van der Waals surface area contributed by atoms with Crippen LogP contribution in [-0.2, 0) is 5.41 Å². The van der Waals surface area contributed by atoms with Crippen molar-refractivity contribution in [3.8, 4) is 11.6 Å². The zero-order valence-electron chi connectivity index (χ0n) is 28.4. The minimum Gasteiger partial charge on any atom is -0.294 e. The summed E-state index contributed by atoms with van der Waals surface area (Å²) in [5.74, 6) is 3.04. The van der Waals surface area contributed by atoms with Gasteiger partial charge in [-0.1, -0.05) is 84.9 Å². The van der Waals surface area contributed by atoms with Crippen LogP contribution in [0.1, 0.15) is 25.2 Å². The van der Waals surface area contributed by atoms with Crippen LogP contribution in [-0.4, -0.2) is 29.5 Å². The number of hydrogen-bond donors (Lipinski definition) is 0. The van der Waals surface area contributed by atoms with Gasteiger partial charge in [0.1, 0.15) is 0 Å². The van der Waals surface area contributed by atoms with Crippen molar-refractivity contribution in [3.05, 3.63) is 194 Å². The number of para-hydroxylation sites is 4. The van der Waals surface area contributed by atoms with Gasteiger partial charge in [0.15, 0.2) is 23.3 Å².